The van der Waals surface area contributed by atoms with Gasteiger partial charge in [0.25, 0.3) is 0 Å². The van der Waals surface area contributed by atoms with Crippen LogP contribution in [0.2, 0.25) is 0 Å². The SMILES string of the molecule is CCOP(=O)(OCC)C(Nc1ccc(F)c(F)c1F)c1ccc(N2CCCCC2)cc1. The van der Waals surface area contributed by atoms with E-state index in [4.69, 9.17) is 9.05 Å². The van der Waals surface area contributed by atoms with Crippen molar-refractivity contribution >= 4 is 19.0 Å². The number of benzene rings is 2. The topological polar surface area (TPSA) is 50.8 Å². The first-order valence-electron chi connectivity index (χ1n) is 10.5. The Balaban J connectivity index is 1.97. The van der Waals surface area contributed by atoms with Gasteiger partial charge >= 0.3 is 7.60 Å². The summed E-state index contributed by atoms with van der Waals surface area (Å²) in [6.07, 6.45) is 3.47. The first-order valence-corrected chi connectivity index (χ1v) is 12.1. The van der Waals surface area contributed by atoms with Gasteiger partial charge in [-0.2, -0.15) is 0 Å². The summed E-state index contributed by atoms with van der Waals surface area (Å²) in [6, 6.07) is 9.21. The predicted octanol–water partition coefficient (Wildman–Crippen LogP) is 6.47. The van der Waals surface area contributed by atoms with Crippen LogP contribution in [0.4, 0.5) is 24.5 Å². The van der Waals surface area contributed by atoms with Gasteiger partial charge in [0.1, 0.15) is 0 Å². The zero-order valence-corrected chi connectivity index (χ0v) is 18.6. The monoisotopic (exact) mass is 456 g/mol. The van der Waals surface area contributed by atoms with Crippen LogP contribution < -0.4 is 10.2 Å². The van der Waals surface area contributed by atoms with Gasteiger partial charge in [-0.25, -0.2) is 13.2 Å². The fourth-order valence-corrected chi connectivity index (χ4v) is 5.62. The van der Waals surface area contributed by atoms with Gasteiger partial charge in [0.15, 0.2) is 23.2 Å². The fourth-order valence-electron chi connectivity index (χ4n) is 3.70. The molecular weight excluding hydrogens is 428 g/mol. The van der Waals surface area contributed by atoms with E-state index in [9.17, 15) is 17.7 Å². The number of hydrogen-bond donors (Lipinski definition) is 1. The van der Waals surface area contributed by atoms with Gasteiger partial charge in [-0.05, 0) is 62.9 Å². The van der Waals surface area contributed by atoms with E-state index in [1.54, 1.807) is 26.0 Å². The zero-order chi connectivity index (χ0) is 22.4. The molecule has 170 valence electrons. The highest BCUT2D eigenvalue weighted by Crippen LogP contribution is 2.61. The van der Waals surface area contributed by atoms with Gasteiger partial charge < -0.3 is 19.3 Å². The van der Waals surface area contributed by atoms with E-state index in [1.165, 1.54) is 6.42 Å². The summed E-state index contributed by atoms with van der Waals surface area (Å²) in [4.78, 5) is 2.27. The molecule has 2 aromatic carbocycles. The smallest absolute Gasteiger partial charge is 0.357 e. The Hall–Kier alpha value is -2.02. The molecule has 9 heteroatoms. The Labute approximate surface area is 181 Å². The number of rotatable bonds is 9. The molecule has 1 fully saturated rings. The summed E-state index contributed by atoms with van der Waals surface area (Å²) in [5.41, 5.74) is 1.22. The molecule has 0 bridgehead atoms. The summed E-state index contributed by atoms with van der Waals surface area (Å²) in [5.74, 6) is -5.41. The van der Waals surface area contributed by atoms with Crippen molar-refractivity contribution in [1.29, 1.82) is 0 Å². The summed E-state index contributed by atoms with van der Waals surface area (Å²) in [6.45, 7) is 5.47. The Morgan fingerprint density at radius 1 is 0.935 bits per heavy atom. The van der Waals surface area contributed by atoms with Crippen molar-refractivity contribution in [3.8, 4) is 0 Å². The summed E-state index contributed by atoms with van der Waals surface area (Å²) >= 11 is 0. The van der Waals surface area contributed by atoms with Crippen LogP contribution in [-0.2, 0) is 13.6 Å². The van der Waals surface area contributed by atoms with Crippen LogP contribution >= 0.6 is 7.60 Å². The van der Waals surface area contributed by atoms with E-state index in [-0.39, 0.29) is 18.9 Å². The molecule has 0 aliphatic carbocycles. The molecule has 1 atom stereocenters. The molecular formula is C22H28F3N2O3P. The molecule has 1 unspecified atom stereocenters. The molecule has 0 aromatic heterocycles. The number of piperidine rings is 1. The van der Waals surface area contributed by atoms with Crippen LogP contribution in [-0.4, -0.2) is 26.3 Å². The van der Waals surface area contributed by atoms with E-state index in [1.807, 2.05) is 12.1 Å². The third-order valence-electron chi connectivity index (χ3n) is 5.19. The van der Waals surface area contributed by atoms with Crippen LogP contribution in [0.25, 0.3) is 0 Å². The Kier molecular flexibility index (Phi) is 8.03. The van der Waals surface area contributed by atoms with Crippen molar-refractivity contribution in [3.63, 3.8) is 0 Å². The Morgan fingerprint density at radius 2 is 1.55 bits per heavy atom. The van der Waals surface area contributed by atoms with Crippen LogP contribution in [0.15, 0.2) is 36.4 Å². The molecule has 0 amide bonds. The highest BCUT2D eigenvalue weighted by Gasteiger charge is 2.38. The van der Waals surface area contributed by atoms with Gasteiger partial charge in [-0.3, -0.25) is 4.57 Å². The third kappa shape index (κ3) is 5.43. The van der Waals surface area contributed by atoms with Gasteiger partial charge in [0.05, 0.1) is 18.9 Å². The summed E-state index contributed by atoms with van der Waals surface area (Å²) in [5, 5.41) is 2.73. The standard InChI is InChI=1S/C22H28F3N2O3P/c1-3-29-31(28,30-4-2)22(26-19-13-12-18(23)20(24)21(19)25)16-8-10-17(11-9-16)27-14-6-5-7-15-27/h8-13,22,26H,3-7,14-15H2,1-2H3. The number of hydrogen-bond acceptors (Lipinski definition) is 5. The fraction of sp³-hybridized carbons (Fsp3) is 0.455. The molecule has 0 radical (unpaired) electrons. The minimum atomic E-state index is -3.82. The van der Waals surface area contributed by atoms with Crippen LogP contribution in [0.3, 0.4) is 0 Å². The second-order valence-corrected chi connectivity index (χ2v) is 9.40. The van der Waals surface area contributed by atoms with Crippen molar-refractivity contribution in [2.45, 2.75) is 38.9 Å². The first kappa shape index (κ1) is 23.6. The van der Waals surface area contributed by atoms with Gasteiger partial charge in [-0.1, -0.05) is 12.1 Å². The lowest BCUT2D eigenvalue weighted by Crippen LogP contribution is -2.29. The van der Waals surface area contributed by atoms with E-state index in [0.29, 0.717) is 5.56 Å². The molecule has 0 saturated carbocycles. The number of halogens is 3. The second-order valence-electron chi connectivity index (χ2n) is 7.28. The van der Waals surface area contributed by atoms with Crippen molar-refractivity contribution in [1.82, 2.24) is 0 Å². The van der Waals surface area contributed by atoms with E-state index in [2.05, 4.69) is 10.2 Å². The number of nitrogens with one attached hydrogen (secondary N) is 1. The minimum Gasteiger partial charge on any atom is -0.372 e. The van der Waals surface area contributed by atoms with E-state index >= 15 is 0 Å². The van der Waals surface area contributed by atoms with Gasteiger partial charge in [-0.15, -0.1) is 0 Å². The number of nitrogens with zero attached hydrogens (tertiary/aromatic N) is 1. The van der Waals surface area contributed by atoms with Crippen LogP contribution in [0.5, 0.6) is 0 Å². The zero-order valence-electron chi connectivity index (χ0n) is 17.7. The second kappa shape index (κ2) is 10.5. The maximum Gasteiger partial charge on any atom is 0.357 e. The molecule has 31 heavy (non-hydrogen) atoms. The average Bonchev–Trinajstić information content (AvgIpc) is 2.78. The molecule has 2 aromatic rings. The lowest BCUT2D eigenvalue weighted by atomic mass is 10.1. The van der Waals surface area contributed by atoms with Crippen LogP contribution in [0, 0.1) is 17.5 Å². The third-order valence-corrected chi connectivity index (χ3v) is 7.49. The van der Waals surface area contributed by atoms with Gasteiger partial charge in [0.2, 0.25) is 0 Å². The maximum absolute atomic E-state index is 14.3. The summed E-state index contributed by atoms with van der Waals surface area (Å²) in [7, 11) is -3.82. The van der Waals surface area contributed by atoms with Crippen molar-refractivity contribution in [2.75, 3.05) is 36.5 Å². The first-order chi connectivity index (χ1) is 14.9. The van der Waals surface area contributed by atoms with Crippen molar-refractivity contribution in [3.05, 3.63) is 59.4 Å². The van der Waals surface area contributed by atoms with Crippen LogP contribution in [0.1, 0.15) is 44.5 Å². The Morgan fingerprint density at radius 3 is 2.13 bits per heavy atom. The van der Waals surface area contributed by atoms with Gasteiger partial charge in [0, 0.05) is 18.8 Å². The Bertz CT molecular complexity index is 911. The molecule has 1 heterocycles. The highest BCUT2D eigenvalue weighted by molar-refractivity contribution is 7.54. The minimum absolute atomic E-state index is 0.0988. The van der Waals surface area contributed by atoms with Crippen molar-refractivity contribution < 1.29 is 26.8 Å². The van der Waals surface area contributed by atoms with Crippen molar-refractivity contribution in [2.24, 2.45) is 0 Å². The molecule has 1 N–H and O–H groups in total. The lowest BCUT2D eigenvalue weighted by Gasteiger charge is -2.30. The van der Waals surface area contributed by atoms with E-state index < -0.39 is 30.8 Å². The molecule has 1 aliphatic rings. The van der Waals surface area contributed by atoms with E-state index in [0.717, 1.165) is 43.8 Å². The normalized spacial score (nSPS) is 15.7. The molecule has 5 nitrogen and oxygen atoms in total. The largest absolute Gasteiger partial charge is 0.372 e. The number of anilines is 2. The molecule has 0 spiro atoms. The summed E-state index contributed by atoms with van der Waals surface area (Å²) < 4.78 is 66.0. The lowest BCUT2D eigenvalue weighted by molar-refractivity contribution is 0.214. The molecule has 1 aliphatic heterocycles. The molecule has 1 saturated heterocycles. The highest BCUT2D eigenvalue weighted by atomic mass is 31.2. The maximum atomic E-state index is 14.3. The average molecular weight is 456 g/mol. The quantitative estimate of drug-likeness (QED) is 0.346. The predicted molar refractivity (Wildman–Crippen MR) is 116 cm³/mol. The molecule has 3 rings (SSSR count).